The van der Waals surface area contributed by atoms with E-state index in [4.69, 9.17) is 14.1 Å². The summed E-state index contributed by atoms with van der Waals surface area (Å²) in [6.07, 6.45) is 3.47. The molecule has 2 heterocycles. The summed E-state index contributed by atoms with van der Waals surface area (Å²) in [6, 6.07) is 12.4. The van der Waals surface area contributed by atoms with E-state index in [1.54, 1.807) is 24.4 Å². The van der Waals surface area contributed by atoms with Crippen LogP contribution in [-0.2, 0) is 24.5 Å². The monoisotopic (exact) mass is 618 g/mol. The highest BCUT2D eigenvalue weighted by Crippen LogP contribution is 2.46. The van der Waals surface area contributed by atoms with Gasteiger partial charge in [0.15, 0.2) is 18.2 Å². The lowest BCUT2D eigenvalue weighted by Gasteiger charge is -2.39. The van der Waals surface area contributed by atoms with Crippen molar-refractivity contribution in [3.63, 3.8) is 0 Å². The third-order valence-electron chi connectivity index (χ3n) is 8.28. The number of nitrogens with zero attached hydrogens (tertiary/aromatic N) is 4. The summed E-state index contributed by atoms with van der Waals surface area (Å²) in [5.74, 6) is 0.590. The number of ether oxygens (including phenoxy) is 1. The van der Waals surface area contributed by atoms with E-state index >= 15 is 0 Å². The smallest absolute Gasteiger partial charge is 0.329 e. The van der Waals surface area contributed by atoms with Gasteiger partial charge in [-0.05, 0) is 54.0 Å². The number of anilines is 3. The Labute approximate surface area is 255 Å². The molecule has 0 saturated heterocycles. The Morgan fingerprint density at radius 3 is 2.56 bits per heavy atom. The Morgan fingerprint density at radius 1 is 1.23 bits per heavy atom. The predicted molar refractivity (Wildman–Crippen MR) is 172 cm³/mol. The average Bonchev–Trinajstić information content (AvgIpc) is 3.22. The van der Waals surface area contributed by atoms with Crippen molar-refractivity contribution in [2.75, 3.05) is 36.6 Å². The predicted octanol–water partition coefficient (Wildman–Crippen LogP) is 5.08. The lowest BCUT2D eigenvalue weighted by molar-refractivity contribution is 0.219. The van der Waals surface area contributed by atoms with Gasteiger partial charge in [-0.1, -0.05) is 27.7 Å². The highest BCUT2D eigenvalue weighted by Gasteiger charge is 2.44. The normalized spacial score (nSPS) is 16.8. The molecule has 0 saturated carbocycles. The number of rotatable bonds is 10. The molecule has 13 heteroatoms. The summed E-state index contributed by atoms with van der Waals surface area (Å²) >= 11 is 0. The first-order chi connectivity index (χ1) is 20.0. The molecule has 1 atom stereocenters. The molecule has 2 aromatic carbocycles. The van der Waals surface area contributed by atoms with Gasteiger partial charge in [0, 0.05) is 48.3 Å². The molecule has 0 fully saturated rings. The summed E-state index contributed by atoms with van der Waals surface area (Å²) in [5.41, 5.74) is 3.32. The number of sulfone groups is 1. The molecule has 0 bridgehead atoms. The molecule has 0 spiro atoms. The van der Waals surface area contributed by atoms with E-state index in [-0.39, 0.29) is 15.9 Å². The highest BCUT2D eigenvalue weighted by atomic mass is 32.2. The molecule has 1 aliphatic rings. The van der Waals surface area contributed by atoms with Crippen LogP contribution in [0.4, 0.5) is 17.3 Å². The molecule has 0 unspecified atom stereocenters. The third kappa shape index (κ3) is 6.61. The van der Waals surface area contributed by atoms with Crippen LogP contribution >= 0.6 is 0 Å². The molecule has 1 radical (unpaired) electrons. The third-order valence-corrected chi connectivity index (χ3v) is 13.9. The number of fused-ring (bicyclic) bond motifs is 1. The van der Waals surface area contributed by atoms with Crippen molar-refractivity contribution in [2.24, 2.45) is 0 Å². The lowest BCUT2D eigenvalue weighted by atomic mass is 9.83. The second kappa shape index (κ2) is 11.7. The van der Waals surface area contributed by atoms with Crippen molar-refractivity contribution in [2.45, 2.75) is 56.1 Å². The van der Waals surface area contributed by atoms with Gasteiger partial charge in [-0.25, -0.2) is 18.4 Å². The molecule has 1 aromatic heterocycles. The van der Waals surface area contributed by atoms with Gasteiger partial charge in [-0.2, -0.15) is 5.26 Å². The number of methoxy groups -OCH3 is 1. The quantitative estimate of drug-likeness (QED) is 0.242. The first-order valence-electron chi connectivity index (χ1n) is 13.8. The molecule has 225 valence electrons. The van der Waals surface area contributed by atoms with Gasteiger partial charge >= 0.3 is 7.41 Å². The van der Waals surface area contributed by atoms with Crippen LogP contribution in [0.1, 0.15) is 38.8 Å². The van der Waals surface area contributed by atoms with Gasteiger partial charge in [0.25, 0.3) is 0 Å². The average molecular weight is 619 g/mol. The van der Waals surface area contributed by atoms with E-state index in [1.807, 2.05) is 10.9 Å². The SMILES string of the molecule is COc1cc(S(C)(=O)=O)ccc1Nc1nccc(-c2cc(C#N)c3c(c2)[C@@](C)(CO[Si](C)(C)C(C)(C)C)CN3[B]C=O)n1. The number of carbonyl (C=O) groups is 1. The van der Waals surface area contributed by atoms with Crippen molar-refractivity contribution < 1.29 is 22.4 Å². The Bertz CT molecular complexity index is 1700. The zero-order valence-electron chi connectivity index (χ0n) is 25.8. The Kier molecular flexibility index (Phi) is 8.80. The number of aromatic nitrogens is 2. The second-order valence-electron chi connectivity index (χ2n) is 12.6. The fourth-order valence-corrected chi connectivity index (χ4v) is 6.51. The van der Waals surface area contributed by atoms with Crippen LogP contribution in [0.5, 0.6) is 5.75 Å². The molecule has 43 heavy (non-hydrogen) atoms. The summed E-state index contributed by atoms with van der Waals surface area (Å²) in [4.78, 5) is 22.6. The Balaban J connectivity index is 1.75. The van der Waals surface area contributed by atoms with Crippen LogP contribution in [0.25, 0.3) is 11.3 Å². The maximum absolute atomic E-state index is 12.0. The van der Waals surface area contributed by atoms with Crippen molar-refractivity contribution in [3.05, 3.63) is 53.7 Å². The van der Waals surface area contributed by atoms with Crippen LogP contribution in [0, 0.1) is 11.3 Å². The van der Waals surface area contributed by atoms with E-state index in [0.717, 1.165) is 18.0 Å². The number of nitriles is 1. The molecule has 1 N–H and O–H groups in total. The lowest BCUT2D eigenvalue weighted by Crippen LogP contribution is -2.46. The highest BCUT2D eigenvalue weighted by molar-refractivity contribution is 7.90. The van der Waals surface area contributed by atoms with Gasteiger partial charge in [0.1, 0.15) is 18.0 Å². The van der Waals surface area contributed by atoms with E-state index in [2.05, 4.69) is 57.2 Å². The van der Waals surface area contributed by atoms with Crippen LogP contribution in [0.15, 0.2) is 47.5 Å². The minimum atomic E-state index is -3.41. The molecular weight excluding hydrogens is 581 g/mol. The number of hydrogen-bond acceptors (Lipinski definition) is 10. The van der Waals surface area contributed by atoms with Gasteiger partial charge in [-0.3, -0.25) is 0 Å². The number of carbonyl (C=O) groups excluding carboxylic acids is 1. The van der Waals surface area contributed by atoms with Gasteiger partial charge in [0.05, 0.1) is 29.0 Å². The first kappa shape index (κ1) is 32.2. The number of nitrogens with one attached hydrogen (secondary N) is 1. The topological polar surface area (TPSA) is 135 Å². The summed E-state index contributed by atoms with van der Waals surface area (Å²) in [7, 11) is -2.58. The largest absolute Gasteiger partial charge is 0.495 e. The van der Waals surface area contributed by atoms with Crippen LogP contribution in [-0.4, -0.2) is 66.8 Å². The Hall–Kier alpha value is -3.73. The van der Waals surface area contributed by atoms with E-state index in [9.17, 15) is 18.5 Å². The van der Waals surface area contributed by atoms with Crippen molar-refractivity contribution >= 4 is 49.1 Å². The summed E-state index contributed by atoms with van der Waals surface area (Å²) in [5, 5.41) is 13.3. The zero-order valence-corrected chi connectivity index (χ0v) is 27.7. The maximum Gasteiger partial charge on any atom is 0.329 e. The summed E-state index contributed by atoms with van der Waals surface area (Å²) in [6.45, 7) is 14.0. The molecule has 10 nitrogen and oxygen atoms in total. The maximum atomic E-state index is 12.0. The van der Waals surface area contributed by atoms with Crippen LogP contribution in [0.2, 0.25) is 18.1 Å². The van der Waals surface area contributed by atoms with Crippen LogP contribution in [0.3, 0.4) is 0 Å². The fraction of sp³-hybridized carbons (Fsp3) is 0.400. The molecule has 0 aliphatic carbocycles. The van der Waals surface area contributed by atoms with E-state index in [1.165, 1.54) is 26.7 Å². The number of hydrogen-bond donors (Lipinski definition) is 1. The first-order valence-corrected chi connectivity index (χ1v) is 18.6. The van der Waals surface area contributed by atoms with E-state index in [0.29, 0.717) is 47.1 Å². The van der Waals surface area contributed by atoms with Gasteiger partial charge in [0.2, 0.25) is 5.95 Å². The molecule has 4 rings (SSSR count). The van der Waals surface area contributed by atoms with E-state index < -0.39 is 23.6 Å². The second-order valence-corrected chi connectivity index (χ2v) is 19.4. The standard InChI is InChI=1S/C30H37BN5O5SSi/c1-29(2,3)43(7,8)41-18-30(4)17-36(31-19-37)27-21(16-32)13-20(14-23(27)30)24-11-12-33-28(34-24)35-25-10-9-22(42(6,38)39)15-26(25)40-5/h9-15,19H,17-18H2,1-8H3,(H,33,34,35)/t30-/m1/s1. The van der Waals surface area contributed by atoms with Crippen molar-refractivity contribution in [1.82, 2.24) is 9.97 Å². The number of benzene rings is 2. The molecular formula is C30H37BN5O5SSi. The Morgan fingerprint density at radius 2 is 1.95 bits per heavy atom. The summed E-state index contributed by atoms with van der Waals surface area (Å²) < 4.78 is 36.1. The fourth-order valence-electron chi connectivity index (χ4n) is 4.76. The van der Waals surface area contributed by atoms with Gasteiger partial charge < -0.3 is 24.1 Å². The minimum Gasteiger partial charge on any atom is -0.495 e. The zero-order chi connectivity index (χ0) is 31.8. The van der Waals surface area contributed by atoms with Crippen LogP contribution < -0.4 is 14.9 Å². The molecule has 0 amide bonds. The van der Waals surface area contributed by atoms with Crippen molar-refractivity contribution in [1.29, 1.82) is 5.26 Å². The molecule has 3 aromatic rings. The van der Waals surface area contributed by atoms with Crippen molar-refractivity contribution in [3.8, 4) is 23.1 Å². The molecule has 1 aliphatic heterocycles. The van der Waals surface area contributed by atoms with Gasteiger partial charge in [-0.15, -0.1) is 0 Å². The minimum absolute atomic E-state index is 0.0250.